The summed E-state index contributed by atoms with van der Waals surface area (Å²) in [6.07, 6.45) is 7.54. The molecular formula is C20H26N2O3S2. The smallest absolute Gasteiger partial charge is 0.248 e. The minimum atomic E-state index is -0.101. The monoisotopic (exact) mass is 406 g/mol. The highest BCUT2D eigenvalue weighted by atomic mass is 32.2. The number of hydrogen-bond donors (Lipinski definition) is 1. The van der Waals surface area contributed by atoms with E-state index in [4.69, 9.17) is 4.18 Å². The number of hydrogen-bond acceptors (Lipinski definition) is 6. The van der Waals surface area contributed by atoms with Gasteiger partial charge in [-0.3, -0.25) is 9.59 Å². The molecule has 0 aliphatic heterocycles. The van der Waals surface area contributed by atoms with Gasteiger partial charge in [0.25, 0.3) is 0 Å². The largest absolute Gasteiger partial charge is 0.322 e. The lowest BCUT2D eigenvalue weighted by molar-refractivity contribution is -0.111. The Morgan fingerprint density at radius 1 is 1.22 bits per heavy atom. The minimum absolute atomic E-state index is 0.101. The number of fused-ring (bicyclic) bond motifs is 1. The molecule has 0 saturated heterocycles. The Hall–Kier alpha value is -1.28. The van der Waals surface area contributed by atoms with Gasteiger partial charge in [-0.05, 0) is 67.9 Å². The summed E-state index contributed by atoms with van der Waals surface area (Å²) >= 11 is 2.67. The van der Waals surface area contributed by atoms with Crippen LogP contribution in [0.2, 0.25) is 0 Å². The van der Waals surface area contributed by atoms with Crippen LogP contribution in [0.25, 0.3) is 10.9 Å². The number of benzene rings is 1. The van der Waals surface area contributed by atoms with Gasteiger partial charge in [-0.25, -0.2) is 4.31 Å². The van der Waals surface area contributed by atoms with Crippen molar-refractivity contribution in [1.29, 1.82) is 0 Å². The Kier molecular flexibility index (Phi) is 7.81. The second-order valence-electron chi connectivity index (χ2n) is 6.88. The van der Waals surface area contributed by atoms with Gasteiger partial charge in [0, 0.05) is 41.0 Å². The zero-order valence-corrected chi connectivity index (χ0v) is 17.2. The molecule has 27 heavy (non-hydrogen) atoms. The van der Waals surface area contributed by atoms with Gasteiger partial charge in [0.1, 0.15) is 0 Å². The fourth-order valence-electron chi connectivity index (χ4n) is 3.29. The Morgan fingerprint density at radius 2 is 2.04 bits per heavy atom. The van der Waals surface area contributed by atoms with E-state index >= 15 is 0 Å². The lowest BCUT2D eigenvalue weighted by atomic mass is 9.96. The third-order valence-electron chi connectivity index (χ3n) is 4.79. The van der Waals surface area contributed by atoms with Crippen LogP contribution in [0.5, 0.6) is 0 Å². The Balaban J connectivity index is 1.34. The van der Waals surface area contributed by atoms with Crippen molar-refractivity contribution in [3.05, 3.63) is 40.7 Å². The van der Waals surface area contributed by atoms with Crippen molar-refractivity contribution in [3.8, 4) is 0 Å². The van der Waals surface area contributed by atoms with Crippen LogP contribution in [0.3, 0.4) is 0 Å². The zero-order chi connectivity index (χ0) is 19.1. The van der Waals surface area contributed by atoms with Gasteiger partial charge < -0.3 is 9.17 Å². The maximum atomic E-state index is 12.1. The van der Waals surface area contributed by atoms with Crippen molar-refractivity contribution in [3.63, 3.8) is 0 Å². The molecule has 1 saturated carbocycles. The number of carbonyl (C=O) groups is 1. The topological polar surface area (TPSA) is 62.4 Å². The molecule has 1 aliphatic carbocycles. The lowest BCUT2D eigenvalue weighted by Crippen LogP contribution is -2.29. The van der Waals surface area contributed by atoms with Gasteiger partial charge in [-0.2, -0.15) is 0 Å². The molecule has 0 amide bonds. The number of aromatic nitrogens is 1. The van der Waals surface area contributed by atoms with E-state index < -0.39 is 0 Å². The molecule has 0 spiro atoms. The van der Waals surface area contributed by atoms with E-state index in [2.05, 4.69) is 9.29 Å². The average Bonchev–Trinajstić information content (AvgIpc) is 2.68. The highest BCUT2D eigenvalue weighted by Crippen LogP contribution is 2.27. The summed E-state index contributed by atoms with van der Waals surface area (Å²) in [5.74, 6) is 0. The number of nitrogens with one attached hydrogen (secondary N) is 1. The molecule has 1 N–H and O–H groups in total. The number of rotatable bonds is 8. The van der Waals surface area contributed by atoms with Crippen LogP contribution < -0.4 is 5.56 Å². The van der Waals surface area contributed by atoms with Crippen molar-refractivity contribution < 1.29 is 8.98 Å². The summed E-state index contributed by atoms with van der Waals surface area (Å²) in [6.45, 7) is 0.535. The van der Waals surface area contributed by atoms with Gasteiger partial charge in [-0.15, -0.1) is 0 Å². The third-order valence-corrected chi connectivity index (χ3v) is 6.52. The molecule has 3 rings (SSSR count). The summed E-state index contributed by atoms with van der Waals surface area (Å²) in [4.78, 5) is 27.2. The summed E-state index contributed by atoms with van der Waals surface area (Å²) in [7, 11) is 2.04. The van der Waals surface area contributed by atoms with Crippen LogP contribution in [0.15, 0.2) is 40.0 Å². The average molecular weight is 407 g/mol. The molecule has 0 bridgehead atoms. The maximum absolute atomic E-state index is 12.1. The van der Waals surface area contributed by atoms with Crippen molar-refractivity contribution >= 4 is 40.0 Å². The summed E-state index contributed by atoms with van der Waals surface area (Å²) in [5.41, 5.74) is 0.715. The molecule has 2 aromatic rings. The van der Waals surface area contributed by atoms with Crippen LogP contribution >= 0.6 is 24.0 Å². The van der Waals surface area contributed by atoms with Gasteiger partial charge in [0.15, 0.2) is 0 Å². The van der Waals surface area contributed by atoms with Crippen molar-refractivity contribution in [2.24, 2.45) is 0 Å². The molecule has 1 fully saturated rings. The fourth-order valence-corrected chi connectivity index (χ4v) is 4.85. The van der Waals surface area contributed by atoms with Crippen LogP contribution in [0, 0.1) is 0 Å². The Bertz CT molecular complexity index is 818. The van der Waals surface area contributed by atoms with Gasteiger partial charge in [0.05, 0.1) is 6.61 Å². The van der Waals surface area contributed by atoms with E-state index in [0.717, 1.165) is 22.2 Å². The number of aromatic amines is 1. The fraction of sp³-hybridized carbons (Fsp3) is 0.500. The van der Waals surface area contributed by atoms with E-state index in [-0.39, 0.29) is 10.7 Å². The predicted octanol–water partition coefficient (Wildman–Crippen LogP) is 4.77. The molecule has 1 aromatic heterocycles. The van der Waals surface area contributed by atoms with Crippen molar-refractivity contribution in [1.82, 2.24) is 9.29 Å². The number of nitrogens with zero attached hydrogens (tertiary/aromatic N) is 1. The normalized spacial score (nSPS) is 15.5. The summed E-state index contributed by atoms with van der Waals surface area (Å²) in [5, 5.41) is 1.19. The van der Waals surface area contributed by atoms with Gasteiger partial charge in [-0.1, -0.05) is 19.3 Å². The second-order valence-corrected chi connectivity index (χ2v) is 8.97. The first-order valence-electron chi connectivity index (χ1n) is 9.48. The molecule has 1 heterocycles. The zero-order valence-electron chi connectivity index (χ0n) is 15.6. The second kappa shape index (κ2) is 10.3. The highest BCUT2D eigenvalue weighted by Gasteiger charge is 2.20. The Morgan fingerprint density at radius 3 is 2.85 bits per heavy atom. The number of H-pyrrole nitrogens is 1. The van der Waals surface area contributed by atoms with Gasteiger partial charge >= 0.3 is 0 Å². The molecule has 5 nitrogen and oxygen atoms in total. The molecule has 146 valence electrons. The van der Waals surface area contributed by atoms with Crippen LogP contribution in [-0.2, 0) is 8.98 Å². The summed E-state index contributed by atoms with van der Waals surface area (Å²) < 4.78 is 7.78. The lowest BCUT2D eigenvalue weighted by Gasteiger charge is -2.29. The van der Waals surface area contributed by atoms with Crippen LogP contribution in [0.4, 0.5) is 0 Å². The molecule has 0 unspecified atom stereocenters. The maximum Gasteiger partial charge on any atom is 0.248 e. The molecule has 0 radical (unpaired) electrons. The standard InChI is InChI=1S/C20H26N2O3S2/c1-22(16-6-3-2-4-7-16)26-20(24)8-5-13-25-27-17-10-11-18-15(14-17)9-12-19(23)21-18/h9-12,14,16H,2-8,13H2,1H3,(H,21,23). The van der Waals surface area contributed by atoms with Crippen molar-refractivity contribution in [2.45, 2.75) is 55.9 Å². The molecule has 1 aliphatic rings. The van der Waals surface area contributed by atoms with E-state index in [1.54, 1.807) is 6.07 Å². The SMILES string of the molecule is CN(SC(=O)CCCOSc1ccc2[nH]c(=O)ccc2c1)C1CCCCC1. The molecule has 7 heteroatoms. The van der Waals surface area contributed by atoms with E-state index in [0.29, 0.717) is 19.1 Å². The first kappa shape index (κ1) is 20.5. The van der Waals surface area contributed by atoms with Crippen LogP contribution in [0.1, 0.15) is 44.9 Å². The number of pyridine rings is 1. The van der Waals surface area contributed by atoms with E-state index in [9.17, 15) is 9.59 Å². The van der Waals surface area contributed by atoms with E-state index in [1.807, 2.05) is 25.2 Å². The summed E-state index contributed by atoms with van der Waals surface area (Å²) in [6, 6.07) is 9.65. The molecule has 0 atom stereocenters. The van der Waals surface area contributed by atoms with E-state index in [1.165, 1.54) is 62.2 Å². The van der Waals surface area contributed by atoms with Crippen molar-refractivity contribution in [2.75, 3.05) is 13.7 Å². The molecule has 1 aromatic carbocycles. The molecular weight excluding hydrogens is 380 g/mol. The third kappa shape index (κ3) is 6.38. The minimum Gasteiger partial charge on any atom is -0.322 e. The Labute approximate surface area is 168 Å². The highest BCUT2D eigenvalue weighted by molar-refractivity contribution is 8.11. The first-order valence-corrected chi connectivity index (χ1v) is 11.0. The van der Waals surface area contributed by atoms with Crippen LogP contribution in [-0.4, -0.2) is 34.1 Å². The van der Waals surface area contributed by atoms with Gasteiger partial charge in [0.2, 0.25) is 10.7 Å². The quantitative estimate of drug-likeness (QED) is 0.387. The first-order chi connectivity index (χ1) is 13.1. The number of carbonyl (C=O) groups excluding carboxylic acids is 1. The predicted molar refractivity (Wildman–Crippen MR) is 113 cm³/mol.